The second kappa shape index (κ2) is 5.99. The molecule has 0 fully saturated rings. The Morgan fingerprint density at radius 1 is 0.650 bits per heavy atom. The number of aromatic nitrogens is 1. The van der Waals surface area contributed by atoms with Crippen molar-refractivity contribution >= 4 is 43.9 Å². The van der Waals surface area contributed by atoms with E-state index in [1.54, 1.807) is 7.16 Å². The summed E-state index contributed by atoms with van der Waals surface area (Å²) in [6.07, 6.45) is 4.30. The summed E-state index contributed by atoms with van der Waals surface area (Å²) in [6, 6.07) is 13.7. The average molecular weight is 482 g/mol. The van der Waals surface area contributed by atoms with Crippen molar-refractivity contribution < 1.29 is 4.57 Å². The molecule has 1 heterocycles. The van der Waals surface area contributed by atoms with Gasteiger partial charge in [0.15, 0.2) is 0 Å². The zero-order chi connectivity index (χ0) is 15.0. The molecule has 0 saturated carbocycles. The first kappa shape index (κ1) is 16.3. The molecule has 1 nitrogen and oxygen atoms in total. The zero-order valence-electron chi connectivity index (χ0n) is 13.6. The van der Waals surface area contributed by atoms with E-state index in [1.165, 1.54) is 5.69 Å². The molecule has 3 heteroatoms. The fourth-order valence-corrected chi connectivity index (χ4v) is 10.0. The normalized spacial score (nSPS) is 12.5. The molecule has 0 radical (unpaired) electrons. The van der Waals surface area contributed by atoms with Crippen molar-refractivity contribution in [2.45, 2.75) is 29.6 Å². The van der Waals surface area contributed by atoms with Gasteiger partial charge < -0.3 is 0 Å². The minimum atomic E-state index is -2.04. The fraction of sp³-hybridized carbons (Fsp3) is 0.353. The van der Waals surface area contributed by atoms with Crippen LogP contribution in [0.3, 0.4) is 0 Å². The molecule has 0 saturated heterocycles. The third-order valence-electron chi connectivity index (χ3n) is 3.66. The first-order valence-electron chi connectivity index (χ1n) is 7.31. The predicted octanol–water partition coefficient (Wildman–Crippen LogP) is 3.05. The van der Waals surface area contributed by atoms with Crippen LogP contribution in [0.4, 0.5) is 0 Å². The van der Waals surface area contributed by atoms with Crippen LogP contribution < -0.4 is 11.7 Å². The Balaban J connectivity index is 2.64. The Morgan fingerprint density at radius 3 is 1.50 bits per heavy atom. The Kier molecular flexibility index (Phi) is 4.90. The van der Waals surface area contributed by atoms with Crippen LogP contribution >= 0.6 is 0 Å². The number of hydrogen-bond donors (Lipinski definition) is 0. The summed E-state index contributed by atoms with van der Waals surface area (Å²) in [5.41, 5.74) is 1.34. The van der Waals surface area contributed by atoms with Crippen molar-refractivity contribution in [1.82, 2.24) is 0 Å². The molecule has 1 aromatic heterocycles. The van der Waals surface area contributed by atoms with E-state index < -0.39 is 36.8 Å². The molecule has 0 amide bonds. The maximum atomic E-state index is 2.54. The Morgan fingerprint density at radius 2 is 1.10 bits per heavy atom. The molecule has 106 valence electrons. The van der Waals surface area contributed by atoms with Gasteiger partial charge in [-0.15, -0.1) is 0 Å². The third kappa shape index (κ3) is 4.00. The number of hydrogen-bond acceptors (Lipinski definition) is 0. The SMILES string of the molecule is [CH3][Sn]([CH3])([CH3])[c]1cc(-[n+]2ccccc2)c[c]([Sn]([CH3])([CH3])[CH3])c1. The van der Waals surface area contributed by atoms with Crippen molar-refractivity contribution in [2.75, 3.05) is 0 Å². The Hall–Kier alpha value is -0.0326. The molecule has 0 N–H and O–H groups in total. The van der Waals surface area contributed by atoms with Crippen LogP contribution in [0.15, 0.2) is 48.8 Å². The van der Waals surface area contributed by atoms with Gasteiger partial charge in [-0.25, -0.2) is 0 Å². The predicted molar refractivity (Wildman–Crippen MR) is 93.9 cm³/mol. The maximum absolute atomic E-state index is 2.54. The molecule has 1 aromatic carbocycles. The van der Waals surface area contributed by atoms with E-state index in [-0.39, 0.29) is 0 Å². The summed E-state index contributed by atoms with van der Waals surface area (Å²) in [5, 5.41) is 0. The first-order valence-corrected chi connectivity index (χ1v) is 27.3. The van der Waals surface area contributed by atoms with Crippen LogP contribution in [-0.2, 0) is 0 Å². The van der Waals surface area contributed by atoms with Gasteiger partial charge in [-0.3, -0.25) is 0 Å². The summed E-state index contributed by atoms with van der Waals surface area (Å²) in [4.78, 5) is 15.0. The van der Waals surface area contributed by atoms with Crippen LogP contribution in [0.5, 0.6) is 0 Å². The standard InChI is InChI=1S/C11H8N.6CH3.2Sn/c1-3-7-11(8-4-1)12-9-5-2-6-10-12;;;;;;;;/h1-2,5-10H;6*1H3;;/q+1;;;;;;;;. The molecule has 20 heavy (non-hydrogen) atoms. The molecule has 0 atom stereocenters. The monoisotopic (exact) mass is 484 g/mol. The molecule has 0 aliphatic heterocycles. The van der Waals surface area contributed by atoms with Crippen LogP contribution in [0.25, 0.3) is 5.69 Å². The zero-order valence-corrected chi connectivity index (χ0v) is 19.3. The van der Waals surface area contributed by atoms with Gasteiger partial charge in [-0.05, 0) is 0 Å². The quantitative estimate of drug-likeness (QED) is 0.469. The Labute approximate surface area is 131 Å². The molecule has 0 bridgehead atoms. The van der Waals surface area contributed by atoms with Gasteiger partial charge in [-0.1, -0.05) is 0 Å². The van der Waals surface area contributed by atoms with E-state index in [2.05, 4.69) is 83.0 Å². The van der Waals surface area contributed by atoms with Crippen molar-refractivity contribution in [3.05, 3.63) is 48.8 Å². The van der Waals surface area contributed by atoms with Crippen molar-refractivity contribution in [3.8, 4) is 5.69 Å². The number of benzene rings is 1. The van der Waals surface area contributed by atoms with Crippen LogP contribution in [0.1, 0.15) is 0 Å². The minimum absolute atomic E-state index is 1.34. The summed E-state index contributed by atoms with van der Waals surface area (Å²) in [5.74, 6) is 0. The van der Waals surface area contributed by atoms with Gasteiger partial charge in [0.05, 0.1) is 0 Å². The number of nitrogens with zero attached hydrogens (tertiary/aromatic N) is 1. The van der Waals surface area contributed by atoms with Gasteiger partial charge in [0, 0.05) is 0 Å². The topological polar surface area (TPSA) is 3.88 Å². The number of pyridine rings is 1. The molecular formula is C17H26NSn2+. The number of rotatable bonds is 3. The van der Waals surface area contributed by atoms with Crippen LogP contribution in [0, 0.1) is 0 Å². The molecule has 0 aliphatic rings. The summed E-state index contributed by atoms with van der Waals surface area (Å²) < 4.78 is 5.55. The summed E-state index contributed by atoms with van der Waals surface area (Å²) >= 11 is -4.09. The molecule has 2 aromatic rings. The van der Waals surface area contributed by atoms with Crippen molar-refractivity contribution in [1.29, 1.82) is 0 Å². The van der Waals surface area contributed by atoms with Gasteiger partial charge in [0.2, 0.25) is 0 Å². The van der Waals surface area contributed by atoms with Crippen molar-refractivity contribution in [2.24, 2.45) is 0 Å². The van der Waals surface area contributed by atoms with Crippen LogP contribution in [0.2, 0.25) is 29.6 Å². The third-order valence-corrected chi connectivity index (χ3v) is 15.2. The van der Waals surface area contributed by atoms with Crippen molar-refractivity contribution in [3.63, 3.8) is 0 Å². The van der Waals surface area contributed by atoms with Gasteiger partial charge in [0.1, 0.15) is 0 Å². The van der Waals surface area contributed by atoms with Crippen LogP contribution in [-0.4, -0.2) is 36.8 Å². The first-order chi connectivity index (χ1) is 9.18. The second-order valence-electron chi connectivity index (χ2n) is 7.55. The molecule has 2 rings (SSSR count). The average Bonchev–Trinajstić information content (AvgIpc) is 2.37. The van der Waals surface area contributed by atoms with E-state index in [0.29, 0.717) is 0 Å². The van der Waals surface area contributed by atoms with E-state index in [9.17, 15) is 0 Å². The Bertz CT molecular complexity index is 560. The molecule has 0 unspecified atom stereocenters. The van der Waals surface area contributed by atoms with Gasteiger partial charge in [-0.2, -0.15) is 0 Å². The molecular weight excluding hydrogens is 456 g/mol. The summed E-state index contributed by atoms with van der Waals surface area (Å²) in [6.45, 7) is 0. The van der Waals surface area contributed by atoms with E-state index in [0.717, 1.165) is 0 Å². The second-order valence-corrected chi connectivity index (χ2v) is 36.5. The summed E-state index contributed by atoms with van der Waals surface area (Å²) in [7, 11) is 0. The van der Waals surface area contributed by atoms with Gasteiger partial charge >= 0.3 is 133 Å². The van der Waals surface area contributed by atoms with E-state index >= 15 is 0 Å². The molecule has 0 spiro atoms. The van der Waals surface area contributed by atoms with E-state index in [4.69, 9.17) is 0 Å². The molecule has 0 aliphatic carbocycles. The fourth-order valence-electron chi connectivity index (χ4n) is 2.20. The van der Waals surface area contributed by atoms with E-state index in [1.807, 2.05) is 0 Å². The van der Waals surface area contributed by atoms with Gasteiger partial charge in [0.25, 0.3) is 0 Å².